The van der Waals surface area contributed by atoms with E-state index in [4.69, 9.17) is 23.8 Å². The molecule has 0 radical (unpaired) electrons. The fourth-order valence-electron chi connectivity index (χ4n) is 1.81. The summed E-state index contributed by atoms with van der Waals surface area (Å²) in [4.78, 5) is 1.31. The lowest BCUT2D eigenvalue weighted by molar-refractivity contribution is 0.854. The lowest BCUT2D eigenvalue weighted by Gasteiger charge is -2.10. The summed E-state index contributed by atoms with van der Waals surface area (Å²) in [6.07, 6.45) is 1.06. The van der Waals surface area contributed by atoms with Crippen molar-refractivity contribution in [3.63, 3.8) is 0 Å². The number of aryl methyl sites for hydroxylation is 1. The maximum atomic E-state index is 5.85. The minimum Gasteiger partial charge on any atom is -0.362 e. The summed E-state index contributed by atoms with van der Waals surface area (Å²) in [5, 5.41) is 7.72. The Labute approximate surface area is 146 Å². The highest BCUT2D eigenvalue weighted by Crippen LogP contribution is 2.18. The van der Waals surface area contributed by atoms with E-state index in [0.29, 0.717) is 5.11 Å². The second-order valence-electron chi connectivity index (χ2n) is 4.90. The summed E-state index contributed by atoms with van der Waals surface area (Å²) in [5.74, 6) is 1.07. The van der Waals surface area contributed by atoms with Crippen LogP contribution in [-0.2, 0) is 0 Å². The minimum absolute atomic E-state index is 0.641. The second kappa shape index (κ2) is 9.03. The molecule has 0 bridgehead atoms. The van der Waals surface area contributed by atoms with Gasteiger partial charge in [0.15, 0.2) is 5.11 Å². The second-order valence-corrected chi connectivity index (χ2v) is 6.92. The predicted octanol–water partition coefficient (Wildman–Crippen LogP) is 5.12. The summed E-state index contributed by atoms with van der Waals surface area (Å²) in [5.41, 5.74) is 2.24. The molecule has 0 atom stereocenters. The van der Waals surface area contributed by atoms with E-state index in [1.807, 2.05) is 36.0 Å². The van der Waals surface area contributed by atoms with Gasteiger partial charge in [-0.05, 0) is 67.7 Å². The molecule has 0 aliphatic rings. The summed E-state index contributed by atoms with van der Waals surface area (Å²) >= 11 is 13.0. The Morgan fingerprint density at radius 2 is 1.77 bits per heavy atom. The van der Waals surface area contributed by atoms with Crippen molar-refractivity contribution < 1.29 is 0 Å². The van der Waals surface area contributed by atoms with Crippen LogP contribution in [0.25, 0.3) is 0 Å². The largest absolute Gasteiger partial charge is 0.362 e. The molecule has 2 N–H and O–H groups in total. The number of hydrogen-bond donors (Lipinski definition) is 2. The molecule has 0 spiro atoms. The number of anilines is 1. The quantitative estimate of drug-likeness (QED) is 0.429. The van der Waals surface area contributed by atoms with Gasteiger partial charge in [0.2, 0.25) is 0 Å². The van der Waals surface area contributed by atoms with E-state index in [1.165, 1.54) is 10.5 Å². The molecule has 0 heterocycles. The molecule has 0 aliphatic heterocycles. The molecule has 22 heavy (non-hydrogen) atoms. The first-order valence-electron chi connectivity index (χ1n) is 7.13. The number of rotatable bonds is 6. The van der Waals surface area contributed by atoms with Crippen LogP contribution in [0.2, 0.25) is 5.02 Å². The summed E-state index contributed by atoms with van der Waals surface area (Å²) < 4.78 is 0. The molecule has 2 rings (SSSR count). The van der Waals surface area contributed by atoms with Gasteiger partial charge >= 0.3 is 0 Å². The van der Waals surface area contributed by atoms with Crippen LogP contribution >= 0.6 is 35.6 Å². The van der Waals surface area contributed by atoms with Crippen LogP contribution < -0.4 is 10.6 Å². The number of thiocarbonyl (C=S) groups is 1. The highest BCUT2D eigenvalue weighted by atomic mass is 35.5. The predicted molar refractivity (Wildman–Crippen MR) is 102 cm³/mol. The van der Waals surface area contributed by atoms with Crippen molar-refractivity contribution in [2.45, 2.75) is 18.2 Å². The van der Waals surface area contributed by atoms with Gasteiger partial charge in [0.1, 0.15) is 0 Å². The molecule has 0 saturated heterocycles. The fraction of sp³-hybridized carbons (Fsp3) is 0.235. The SMILES string of the molecule is Cc1ccc(SCCCNC(=S)Nc2ccc(Cl)cc2)cc1. The smallest absolute Gasteiger partial charge is 0.170 e. The van der Waals surface area contributed by atoms with Crippen LogP contribution in [-0.4, -0.2) is 17.4 Å². The van der Waals surface area contributed by atoms with Crippen LogP contribution in [0, 0.1) is 6.92 Å². The monoisotopic (exact) mass is 350 g/mol. The van der Waals surface area contributed by atoms with Crippen LogP contribution in [0.3, 0.4) is 0 Å². The van der Waals surface area contributed by atoms with Crippen molar-refractivity contribution in [1.29, 1.82) is 0 Å². The zero-order valence-electron chi connectivity index (χ0n) is 12.4. The lowest BCUT2D eigenvalue weighted by atomic mass is 10.2. The average molecular weight is 351 g/mol. The molecule has 0 unspecified atom stereocenters. The van der Waals surface area contributed by atoms with Crippen molar-refractivity contribution in [3.05, 3.63) is 59.1 Å². The molecule has 2 aromatic carbocycles. The molecular weight excluding hydrogens is 332 g/mol. The number of halogens is 1. The van der Waals surface area contributed by atoms with E-state index in [9.17, 15) is 0 Å². The summed E-state index contributed by atoms with van der Waals surface area (Å²) in [6.45, 7) is 2.96. The van der Waals surface area contributed by atoms with E-state index < -0.39 is 0 Å². The third-order valence-electron chi connectivity index (χ3n) is 3.00. The highest BCUT2D eigenvalue weighted by molar-refractivity contribution is 7.99. The van der Waals surface area contributed by atoms with Crippen molar-refractivity contribution >= 4 is 46.4 Å². The Morgan fingerprint density at radius 3 is 2.45 bits per heavy atom. The first kappa shape index (κ1) is 17.1. The molecule has 0 aromatic heterocycles. The Hall–Kier alpha value is -1.23. The van der Waals surface area contributed by atoms with Crippen molar-refractivity contribution in [2.24, 2.45) is 0 Å². The van der Waals surface area contributed by atoms with Crippen LogP contribution in [0.5, 0.6) is 0 Å². The first-order chi connectivity index (χ1) is 10.6. The molecule has 0 fully saturated rings. The summed E-state index contributed by atoms with van der Waals surface area (Å²) in [6, 6.07) is 16.1. The number of hydrogen-bond acceptors (Lipinski definition) is 2. The van der Waals surface area contributed by atoms with Crippen molar-refractivity contribution in [3.8, 4) is 0 Å². The van der Waals surface area contributed by atoms with Gasteiger partial charge in [0, 0.05) is 22.2 Å². The Balaban J connectivity index is 1.61. The molecule has 2 nitrogen and oxygen atoms in total. The fourth-order valence-corrected chi connectivity index (χ4v) is 3.01. The van der Waals surface area contributed by atoms with Gasteiger partial charge in [-0.1, -0.05) is 29.3 Å². The molecule has 116 valence electrons. The van der Waals surface area contributed by atoms with E-state index in [2.05, 4.69) is 41.8 Å². The number of thioether (sulfide) groups is 1. The van der Waals surface area contributed by atoms with E-state index in [0.717, 1.165) is 29.4 Å². The van der Waals surface area contributed by atoms with Crippen LogP contribution in [0.1, 0.15) is 12.0 Å². The molecule has 5 heteroatoms. The standard InChI is InChI=1S/C17H19ClN2S2/c1-13-3-9-16(10-4-13)22-12-2-11-19-17(21)20-15-7-5-14(18)6-8-15/h3-10H,2,11-12H2,1H3,(H2,19,20,21). The highest BCUT2D eigenvalue weighted by Gasteiger charge is 1.98. The Bertz CT molecular complexity index is 597. The van der Waals surface area contributed by atoms with Gasteiger partial charge in [-0.15, -0.1) is 11.8 Å². The van der Waals surface area contributed by atoms with Crippen molar-refractivity contribution in [1.82, 2.24) is 5.32 Å². The average Bonchev–Trinajstić information content (AvgIpc) is 2.51. The van der Waals surface area contributed by atoms with Crippen molar-refractivity contribution in [2.75, 3.05) is 17.6 Å². The summed E-state index contributed by atoms with van der Waals surface area (Å²) in [7, 11) is 0. The third-order valence-corrected chi connectivity index (χ3v) is 4.60. The number of benzene rings is 2. The van der Waals surface area contributed by atoms with E-state index >= 15 is 0 Å². The zero-order valence-corrected chi connectivity index (χ0v) is 14.8. The molecule has 0 amide bonds. The van der Waals surface area contributed by atoms with Gasteiger partial charge in [-0.3, -0.25) is 0 Å². The van der Waals surface area contributed by atoms with E-state index in [1.54, 1.807) is 0 Å². The molecule has 2 aromatic rings. The number of nitrogens with one attached hydrogen (secondary N) is 2. The molecule has 0 aliphatic carbocycles. The van der Waals surface area contributed by atoms with Crippen LogP contribution in [0.4, 0.5) is 5.69 Å². The first-order valence-corrected chi connectivity index (χ1v) is 8.90. The van der Waals surface area contributed by atoms with Gasteiger partial charge in [0.25, 0.3) is 0 Å². The normalized spacial score (nSPS) is 10.3. The topological polar surface area (TPSA) is 24.1 Å². The molecule has 0 saturated carbocycles. The maximum absolute atomic E-state index is 5.85. The lowest BCUT2D eigenvalue weighted by Crippen LogP contribution is -2.29. The molecular formula is C17H19ClN2S2. The van der Waals surface area contributed by atoms with Gasteiger partial charge in [-0.2, -0.15) is 0 Å². The van der Waals surface area contributed by atoms with Gasteiger partial charge < -0.3 is 10.6 Å². The zero-order chi connectivity index (χ0) is 15.8. The van der Waals surface area contributed by atoms with Crippen LogP contribution in [0.15, 0.2) is 53.4 Å². The maximum Gasteiger partial charge on any atom is 0.170 e. The van der Waals surface area contributed by atoms with E-state index in [-0.39, 0.29) is 0 Å². The minimum atomic E-state index is 0.641. The van der Waals surface area contributed by atoms with Gasteiger partial charge in [0.05, 0.1) is 0 Å². The third kappa shape index (κ3) is 6.26. The Morgan fingerprint density at radius 1 is 1.09 bits per heavy atom. The van der Waals surface area contributed by atoms with Gasteiger partial charge in [-0.25, -0.2) is 0 Å². The Kier molecular flexibility index (Phi) is 7.03.